The van der Waals surface area contributed by atoms with Gasteiger partial charge in [0.25, 0.3) is 0 Å². The van der Waals surface area contributed by atoms with Crippen molar-refractivity contribution in [1.29, 1.82) is 10.5 Å². The zero-order valence-electron chi connectivity index (χ0n) is 20.9. The van der Waals surface area contributed by atoms with E-state index in [1.54, 1.807) is 0 Å². The van der Waals surface area contributed by atoms with Crippen molar-refractivity contribution in [1.82, 2.24) is 0 Å². The van der Waals surface area contributed by atoms with E-state index in [9.17, 15) is 53.5 Å². The van der Waals surface area contributed by atoms with Crippen LogP contribution in [0, 0.1) is 80.8 Å². The van der Waals surface area contributed by atoms with E-state index in [2.05, 4.69) is 0 Å². The lowest BCUT2D eigenvalue weighted by Crippen LogP contribution is -2.06. The first-order valence-electron chi connectivity index (χ1n) is 11.2. The number of benzene rings is 2. The molecule has 0 bridgehead atoms. The van der Waals surface area contributed by atoms with Gasteiger partial charge in [-0.2, -0.15) is 10.5 Å². The van der Waals surface area contributed by atoms with Gasteiger partial charge in [0.2, 0.25) is 11.6 Å². The van der Waals surface area contributed by atoms with Crippen molar-refractivity contribution < 1.29 is 62.3 Å². The molecule has 0 spiro atoms. The molecule has 4 aromatic rings. The maximum atomic E-state index is 13.6. The molecular formula is C28H8F10N2O4. The van der Waals surface area contributed by atoms with Gasteiger partial charge in [-0.1, -0.05) is 0 Å². The normalized spacial score (nSPS) is 11.4. The summed E-state index contributed by atoms with van der Waals surface area (Å²) in [7, 11) is 0. The number of carbonyl (C=O) groups excluding carboxylic acids is 2. The molecule has 0 unspecified atom stereocenters. The molecule has 2 heterocycles. The van der Waals surface area contributed by atoms with Gasteiger partial charge < -0.3 is 8.83 Å². The number of hydrogen-bond donors (Lipinski definition) is 0. The summed E-state index contributed by atoms with van der Waals surface area (Å²) in [5.74, 6) is -22.4. The van der Waals surface area contributed by atoms with Crippen molar-refractivity contribution in [3.05, 3.63) is 117 Å². The molecule has 6 nitrogen and oxygen atoms in total. The molecule has 0 fully saturated rings. The van der Waals surface area contributed by atoms with Crippen LogP contribution in [0.2, 0.25) is 0 Å². The van der Waals surface area contributed by atoms with Crippen molar-refractivity contribution >= 4 is 35.9 Å². The summed E-state index contributed by atoms with van der Waals surface area (Å²) < 4.78 is 143. The second-order valence-corrected chi connectivity index (χ2v) is 7.95. The molecule has 4 rings (SSSR count). The second kappa shape index (κ2) is 13.4. The second-order valence-electron chi connectivity index (χ2n) is 7.95. The molecule has 44 heavy (non-hydrogen) atoms. The first-order valence-corrected chi connectivity index (χ1v) is 11.2. The maximum absolute atomic E-state index is 13.6. The lowest BCUT2D eigenvalue weighted by Gasteiger charge is -2.06. The quantitative estimate of drug-likeness (QED) is 0.0714. The minimum Gasteiger partial charge on any atom is -0.454 e. The van der Waals surface area contributed by atoms with E-state index in [1.165, 1.54) is 36.4 Å². The molecule has 0 saturated heterocycles. The van der Waals surface area contributed by atoms with Gasteiger partial charge in [0.05, 0.1) is 22.3 Å². The molecule has 0 aliphatic rings. The molecular weight excluding hydrogens is 618 g/mol. The maximum Gasteiger partial charge on any atom is 0.200 e. The summed E-state index contributed by atoms with van der Waals surface area (Å²) in [6.45, 7) is 0. The molecule has 2 aromatic heterocycles. The fourth-order valence-electron chi connectivity index (χ4n) is 3.31. The Morgan fingerprint density at radius 1 is 0.477 bits per heavy atom. The fourth-order valence-corrected chi connectivity index (χ4v) is 3.31. The average Bonchev–Trinajstić information content (AvgIpc) is 3.69. The highest BCUT2D eigenvalue weighted by Gasteiger charge is 2.29. The number of rotatable bonds is 6. The lowest BCUT2D eigenvalue weighted by atomic mass is 10.0. The summed E-state index contributed by atoms with van der Waals surface area (Å²) in [4.78, 5) is 20.9. The number of nitrogens with zero attached hydrogens (tertiary/aromatic N) is 2. The summed E-state index contributed by atoms with van der Waals surface area (Å²) in [5, 5.41) is 17.8. The van der Waals surface area contributed by atoms with Crippen molar-refractivity contribution in [3.63, 3.8) is 0 Å². The number of nitriles is 2. The van der Waals surface area contributed by atoms with Gasteiger partial charge in [-0.05, 0) is 36.4 Å². The van der Waals surface area contributed by atoms with E-state index < -0.39 is 80.4 Å². The van der Waals surface area contributed by atoms with Gasteiger partial charge in [0.1, 0.15) is 23.7 Å². The van der Waals surface area contributed by atoms with Gasteiger partial charge in [0, 0.05) is 0 Å². The van der Waals surface area contributed by atoms with E-state index in [0.29, 0.717) is 12.6 Å². The summed E-state index contributed by atoms with van der Waals surface area (Å²) in [5.41, 5.74) is -4.44. The van der Waals surface area contributed by atoms with Crippen LogP contribution in [0.1, 0.15) is 43.8 Å². The van der Waals surface area contributed by atoms with Gasteiger partial charge in [-0.15, -0.1) is 0 Å². The number of furan rings is 2. The van der Waals surface area contributed by atoms with Gasteiger partial charge >= 0.3 is 0 Å². The highest BCUT2D eigenvalue weighted by Crippen LogP contribution is 2.31. The van der Waals surface area contributed by atoms with Crippen molar-refractivity contribution in [2.75, 3.05) is 0 Å². The largest absolute Gasteiger partial charge is 0.454 e. The van der Waals surface area contributed by atoms with Crippen molar-refractivity contribution in [3.8, 4) is 12.1 Å². The van der Waals surface area contributed by atoms with Crippen LogP contribution in [-0.2, 0) is 0 Å². The van der Waals surface area contributed by atoms with Crippen LogP contribution in [0.5, 0.6) is 0 Å². The molecule has 0 aliphatic carbocycles. The third-order valence-electron chi connectivity index (χ3n) is 5.30. The van der Waals surface area contributed by atoms with Crippen LogP contribution < -0.4 is 0 Å². The minimum atomic E-state index is -2.32. The van der Waals surface area contributed by atoms with E-state index in [1.807, 2.05) is 0 Å². The van der Waals surface area contributed by atoms with Crippen LogP contribution in [0.25, 0.3) is 23.3 Å². The molecule has 2 aromatic carbocycles. The van der Waals surface area contributed by atoms with E-state index >= 15 is 0 Å². The Hall–Kier alpha value is -5.90. The summed E-state index contributed by atoms with van der Waals surface area (Å²) in [6.07, 6.45) is 2.18. The molecule has 0 N–H and O–H groups in total. The Morgan fingerprint density at radius 3 is 0.955 bits per heavy atom. The van der Waals surface area contributed by atoms with Crippen molar-refractivity contribution in [2.24, 2.45) is 0 Å². The number of allylic oxidation sites excluding steroid dienone is 2. The molecule has 0 atom stereocenters. The molecule has 0 radical (unpaired) electrons. The first-order chi connectivity index (χ1) is 20.8. The molecule has 0 aliphatic heterocycles. The lowest BCUT2D eigenvalue weighted by molar-refractivity contribution is 0.109. The number of halogens is 10. The topological polar surface area (TPSA) is 108 Å². The summed E-state index contributed by atoms with van der Waals surface area (Å²) in [6, 6.07) is 7.43. The SMILES string of the molecule is N#C/C(=C\c1ccc(C=O)o1)c1c(F)c(F)c(F)c(F)c1F.N#C/C(=C\c1ccc(C=O)o1)c1c(F)c(F)c(F)c(F)c1F. The van der Waals surface area contributed by atoms with E-state index in [4.69, 9.17) is 19.4 Å². The average molecular weight is 626 g/mol. The van der Waals surface area contributed by atoms with Crippen molar-refractivity contribution in [2.45, 2.75) is 0 Å². The molecule has 0 amide bonds. The number of carbonyl (C=O) groups is 2. The van der Waals surface area contributed by atoms with Gasteiger partial charge in [0.15, 0.2) is 70.6 Å². The standard InChI is InChI=1S/2C14H4F5NO2/c2*15-10-9(11(16)13(18)14(19)12(10)17)6(4-20)3-7-1-2-8(5-21)22-7/h2*1-3,5H/b2*6-3+. The zero-order chi connectivity index (χ0) is 32.9. The van der Waals surface area contributed by atoms with Crippen LogP contribution in [0.15, 0.2) is 33.1 Å². The Labute approximate surface area is 238 Å². The van der Waals surface area contributed by atoms with Gasteiger partial charge in [-0.25, -0.2) is 43.9 Å². The van der Waals surface area contributed by atoms with Crippen LogP contribution in [0.3, 0.4) is 0 Å². The Kier molecular flexibility index (Phi) is 9.92. The van der Waals surface area contributed by atoms with E-state index in [0.717, 1.165) is 12.2 Å². The van der Waals surface area contributed by atoms with Gasteiger partial charge in [-0.3, -0.25) is 9.59 Å². The Balaban J connectivity index is 0.000000240. The van der Waals surface area contributed by atoms with Crippen LogP contribution in [0.4, 0.5) is 43.9 Å². The van der Waals surface area contributed by atoms with Crippen LogP contribution >= 0.6 is 0 Å². The van der Waals surface area contributed by atoms with Crippen LogP contribution in [-0.4, -0.2) is 12.6 Å². The Morgan fingerprint density at radius 2 is 0.727 bits per heavy atom. The highest BCUT2D eigenvalue weighted by molar-refractivity contribution is 5.90. The fraction of sp³-hybridized carbons (Fsp3) is 0. The highest BCUT2D eigenvalue weighted by atomic mass is 19.2. The predicted molar refractivity (Wildman–Crippen MR) is 128 cm³/mol. The number of hydrogen-bond acceptors (Lipinski definition) is 6. The number of aldehydes is 2. The smallest absolute Gasteiger partial charge is 0.200 e. The molecule has 0 saturated carbocycles. The third-order valence-corrected chi connectivity index (χ3v) is 5.30. The zero-order valence-corrected chi connectivity index (χ0v) is 20.9. The first kappa shape index (κ1) is 32.6. The third kappa shape index (κ3) is 6.29. The predicted octanol–water partition coefficient (Wildman–Crippen LogP) is 7.70. The minimum absolute atomic E-state index is 0.138. The monoisotopic (exact) mass is 626 g/mol. The Bertz CT molecular complexity index is 1750. The van der Waals surface area contributed by atoms with E-state index in [-0.39, 0.29) is 23.0 Å². The molecule has 16 heteroatoms. The molecule has 224 valence electrons. The summed E-state index contributed by atoms with van der Waals surface area (Å²) >= 11 is 0.